The third kappa shape index (κ3) is 0.991. The van der Waals surface area contributed by atoms with Gasteiger partial charge in [0.25, 0.3) is 0 Å². The largest absolute Gasteiger partial charge is 0.258 e. The van der Waals surface area contributed by atoms with Crippen LogP contribution in [0, 0.1) is 5.53 Å². The zero-order valence-electron chi connectivity index (χ0n) is 3.72. The molecule has 0 aliphatic carbocycles. The molecule has 0 amide bonds. The molecule has 0 atom stereocenters. The number of amidine groups is 1. The molecular weight excluding hydrogens is 110 g/mol. The molecule has 3 nitrogen and oxygen atoms in total. The number of nitrogens with zero attached hydrogens (tertiary/aromatic N) is 2. The highest BCUT2D eigenvalue weighted by Gasteiger charge is 2.02. The summed E-state index contributed by atoms with van der Waals surface area (Å²) in [6.07, 6.45) is 0. The molecule has 1 aliphatic rings. The van der Waals surface area contributed by atoms with Crippen LogP contribution >= 0.6 is 11.8 Å². The lowest BCUT2D eigenvalue weighted by Gasteiger charge is -1.77. The zero-order valence-corrected chi connectivity index (χ0v) is 4.53. The van der Waals surface area contributed by atoms with E-state index in [2.05, 4.69) is 10.1 Å². The Bertz CT molecular complexity index is 109. The lowest BCUT2D eigenvalue weighted by Crippen LogP contribution is -1.73. The summed E-state index contributed by atoms with van der Waals surface area (Å²) in [7, 11) is 0. The summed E-state index contributed by atoms with van der Waals surface area (Å²) in [5, 5.41) is 3.78. The number of hydrogen-bond donors (Lipinski definition) is 1. The maximum Gasteiger partial charge on any atom is 0.203 e. The van der Waals surface area contributed by atoms with Gasteiger partial charge in [-0.1, -0.05) is 11.8 Å². The second-order valence-electron chi connectivity index (χ2n) is 1.12. The SMILES string of the molecule is N=NC1=NCCS1. The van der Waals surface area contributed by atoms with E-state index in [-0.39, 0.29) is 0 Å². The molecule has 0 aromatic carbocycles. The molecule has 1 heterocycles. The van der Waals surface area contributed by atoms with E-state index in [4.69, 9.17) is 5.53 Å². The molecule has 0 spiro atoms. The van der Waals surface area contributed by atoms with Gasteiger partial charge in [-0.3, -0.25) is 4.99 Å². The van der Waals surface area contributed by atoms with Crippen LogP contribution in [0.25, 0.3) is 0 Å². The second kappa shape index (κ2) is 2.07. The molecule has 0 aromatic rings. The molecule has 0 saturated heterocycles. The molecule has 0 fully saturated rings. The van der Waals surface area contributed by atoms with Crippen LogP contribution in [0.4, 0.5) is 0 Å². The molecule has 0 bridgehead atoms. The van der Waals surface area contributed by atoms with Crippen LogP contribution in [-0.4, -0.2) is 17.5 Å². The van der Waals surface area contributed by atoms with Crippen LogP contribution in [0.2, 0.25) is 0 Å². The molecule has 1 aliphatic heterocycles. The highest BCUT2D eigenvalue weighted by molar-refractivity contribution is 8.14. The summed E-state index contributed by atoms with van der Waals surface area (Å²) >= 11 is 1.54. The van der Waals surface area contributed by atoms with Crippen molar-refractivity contribution in [3.05, 3.63) is 0 Å². The van der Waals surface area contributed by atoms with Crippen LogP contribution in [-0.2, 0) is 0 Å². The maximum atomic E-state index is 6.47. The minimum absolute atomic E-state index is 0.625. The van der Waals surface area contributed by atoms with Gasteiger partial charge in [-0.2, -0.15) is 0 Å². The monoisotopic (exact) mass is 115 g/mol. The van der Waals surface area contributed by atoms with Crippen LogP contribution in [0.15, 0.2) is 10.1 Å². The molecule has 0 aromatic heterocycles. The average molecular weight is 115 g/mol. The number of nitrogens with one attached hydrogen (secondary N) is 1. The van der Waals surface area contributed by atoms with Crippen molar-refractivity contribution in [2.24, 2.45) is 10.1 Å². The van der Waals surface area contributed by atoms with Crippen molar-refractivity contribution in [1.29, 1.82) is 5.53 Å². The average Bonchev–Trinajstić information content (AvgIpc) is 2.14. The highest BCUT2D eigenvalue weighted by Crippen LogP contribution is 2.10. The summed E-state index contributed by atoms with van der Waals surface area (Å²) in [5.41, 5.74) is 6.47. The van der Waals surface area contributed by atoms with Crippen LogP contribution in [0.1, 0.15) is 0 Å². The van der Waals surface area contributed by atoms with Gasteiger partial charge in [0.2, 0.25) is 5.17 Å². The van der Waals surface area contributed by atoms with Crippen molar-refractivity contribution >= 4 is 16.9 Å². The number of thioether (sulfide) groups is 1. The van der Waals surface area contributed by atoms with Gasteiger partial charge < -0.3 is 0 Å². The molecular formula is C3H5N3S. The molecule has 0 radical (unpaired) electrons. The Labute approximate surface area is 45.7 Å². The fourth-order valence-electron chi connectivity index (χ4n) is 0.391. The summed E-state index contributed by atoms with van der Waals surface area (Å²) in [4.78, 5) is 3.88. The van der Waals surface area contributed by atoms with E-state index >= 15 is 0 Å². The third-order valence-corrected chi connectivity index (χ3v) is 1.53. The Morgan fingerprint density at radius 2 is 2.71 bits per heavy atom. The van der Waals surface area contributed by atoms with E-state index in [0.29, 0.717) is 5.17 Å². The fraction of sp³-hybridized carbons (Fsp3) is 0.667. The zero-order chi connectivity index (χ0) is 5.11. The Hall–Kier alpha value is -0.380. The van der Waals surface area contributed by atoms with Crippen molar-refractivity contribution in [2.45, 2.75) is 0 Å². The van der Waals surface area contributed by atoms with E-state index in [1.54, 1.807) is 0 Å². The van der Waals surface area contributed by atoms with Crippen LogP contribution in [0.5, 0.6) is 0 Å². The normalized spacial score (nSPS) is 19.1. The van der Waals surface area contributed by atoms with E-state index in [0.717, 1.165) is 12.3 Å². The molecule has 0 saturated carbocycles. The molecule has 0 unspecified atom stereocenters. The molecule has 1 rings (SSSR count). The van der Waals surface area contributed by atoms with Gasteiger partial charge in [-0.25, -0.2) is 5.53 Å². The number of hydrogen-bond acceptors (Lipinski definition) is 4. The van der Waals surface area contributed by atoms with Crippen molar-refractivity contribution < 1.29 is 0 Å². The summed E-state index contributed by atoms with van der Waals surface area (Å²) < 4.78 is 0. The predicted molar refractivity (Wildman–Crippen MR) is 29.9 cm³/mol. The van der Waals surface area contributed by atoms with Gasteiger partial charge in [0.05, 0.1) is 6.54 Å². The third-order valence-electron chi connectivity index (χ3n) is 0.665. The minimum atomic E-state index is 0.625. The van der Waals surface area contributed by atoms with Crippen molar-refractivity contribution in [3.63, 3.8) is 0 Å². The fourth-order valence-corrected chi connectivity index (χ4v) is 1.00. The Morgan fingerprint density at radius 1 is 1.86 bits per heavy atom. The topological polar surface area (TPSA) is 48.6 Å². The van der Waals surface area contributed by atoms with Gasteiger partial charge in [-0.15, -0.1) is 5.11 Å². The second-order valence-corrected chi connectivity index (χ2v) is 2.19. The Kier molecular flexibility index (Phi) is 1.41. The standard InChI is InChI=1S/C3H5N3S/c4-6-3-5-1-2-7-3/h4H,1-2H2. The van der Waals surface area contributed by atoms with Gasteiger partial charge in [0, 0.05) is 5.75 Å². The molecule has 1 N–H and O–H groups in total. The predicted octanol–water partition coefficient (Wildman–Crippen LogP) is 1.12. The van der Waals surface area contributed by atoms with Crippen LogP contribution in [0.3, 0.4) is 0 Å². The van der Waals surface area contributed by atoms with E-state index in [9.17, 15) is 0 Å². The van der Waals surface area contributed by atoms with Gasteiger partial charge in [-0.05, 0) is 0 Å². The first-order valence-electron chi connectivity index (χ1n) is 1.98. The van der Waals surface area contributed by atoms with E-state index in [1.165, 1.54) is 11.8 Å². The number of rotatable bonds is 0. The lowest BCUT2D eigenvalue weighted by molar-refractivity contribution is 1.14. The lowest BCUT2D eigenvalue weighted by atomic mass is 10.8. The first kappa shape index (κ1) is 4.77. The van der Waals surface area contributed by atoms with Crippen molar-refractivity contribution in [3.8, 4) is 0 Å². The maximum absolute atomic E-state index is 6.47. The van der Waals surface area contributed by atoms with Crippen molar-refractivity contribution in [1.82, 2.24) is 0 Å². The minimum Gasteiger partial charge on any atom is -0.258 e. The summed E-state index contributed by atoms with van der Waals surface area (Å²) in [6.45, 7) is 0.836. The van der Waals surface area contributed by atoms with Crippen molar-refractivity contribution in [2.75, 3.05) is 12.3 Å². The number of aliphatic imine (C=N–C) groups is 1. The molecule has 7 heavy (non-hydrogen) atoms. The Balaban J connectivity index is 2.51. The van der Waals surface area contributed by atoms with E-state index in [1.807, 2.05) is 0 Å². The van der Waals surface area contributed by atoms with E-state index < -0.39 is 0 Å². The quantitative estimate of drug-likeness (QED) is 0.472. The molecule has 38 valence electrons. The first-order valence-corrected chi connectivity index (χ1v) is 2.97. The van der Waals surface area contributed by atoms with Gasteiger partial charge in [0.15, 0.2) is 0 Å². The first-order chi connectivity index (χ1) is 3.43. The van der Waals surface area contributed by atoms with Gasteiger partial charge >= 0.3 is 0 Å². The highest BCUT2D eigenvalue weighted by atomic mass is 32.2. The van der Waals surface area contributed by atoms with Gasteiger partial charge in [0.1, 0.15) is 0 Å². The summed E-state index contributed by atoms with van der Waals surface area (Å²) in [6, 6.07) is 0. The summed E-state index contributed by atoms with van der Waals surface area (Å²) in [5.74, 6) is 0.998. The van der Waals surface area contributed by atoms with Crippen LogP contribution < -0.4 is 0 Å². The Morgan fingerprint density at radius 3 is 3.00 bits per heavy atom. The smallest absolute Gasteiger partial charge is 0.203 e. The molecule has 4 heteroatoms.